The molecule has 0 saturated heterocycles. The Balaban J connectivity index is 2.16. The summed E-state index contributed by atoms with van der Waals surface area (Å²) in [4.78, 5) is 17.5. The lowest BCUT2D eigenvalue weighted by Gasteiger charge is -2.08. The number of aromatic nitrogens is 1. The molecule has 2 aromatic carbocycles. The topological polar surface area (TPSA) is 87.0 Å². The molecule has 0 radical (unpaired) electrons. The van der Waals surface area contributed by atoms with Gasteiger partial charge in [0.05, 0.1) is 41.6 Å². The molecule has 0 spiro atoms. The summed E-state index contributed by atoms with van der Waals surface area (Å²) in [5, 5.41) is 0. The Morgan fingerprint density at radius 3 is 2.53 bits per heavy atom. The van der Waals surface area contributed by atoms with Crippen LogP contribution >= 0.6 is 11.3 Å². The first kappa shape index (κ1) is 21.6. The second kappa shape index (κ2) is 8.73. The molecule has 0 fully saturated rings. The Hall–Kier alpha value is -3.09. The van der Waals surface area contributed by atoms with E-state index in [1.807, 2.05) is 0 Å². The van der Waals surface area contributed by atoms with E-state index < -0.39 is 15.7 Å². The van der Waals surface area contributed by atoms with Crippen molar-refractivity contribution in [3.05, 3.63) is 46.8 Å². The number of nitrogens with zero attached hydrogens (tertiary/aromatic N) is 2. The second-order valence-electron chi connectivity index (χ2n) is 6.20. The first-order valence-electron chi connectivity index (χ1n) is 8.95. The predicted molar refractivity (Wildman–Crippen MR) is 116 cm³/mol. The van der Waals surface area contributed by atoms with Crippen LogP contribution in [0.25, 0.3) is 10.2 Å². The normalized spacial score (nSPS) is 12.0. The molecule has 0 aliphatic carbocycles. The molecule has 0 aliphatic heterocycles. The fraction of sp³-hybridized carbons (Fsp3) is 0.238. The summed E-state index contributed by atoms with van der Waals surface area (Å²) in [5.41, 5.74) is 0.939. The van der Waals surface area contributed by atoms with Crippen LogP contribution in [-0.2, 0) is 16.4 Å². The highest BCUT2D eigenvalue weighted by molar-refractivity contribution is 7.91. The first-order chi connectivity index (χ1) is 14.3. The molecule has 0 bridgehead atoms. The molecule has 0 aliphatic rings. The van der Waals surface area contributed by atoms with Gasteiger partial charge in [-0.1, -0.05) is 30.2 Å². The van der Waals surface area contributed by atoms with Gasteiger partial charge in [0.25, 0.3) is 5.91 Å². The number of hydrogen-bond acceptors (Lipinski definition) is 6. The summed E-state index contributed by atoms with van der Waals surface area (Å²) in [6.45, 7) is 1.75. The van der Waals surface area contributed by atoms with Crippen LogP contribution in [0.2, 0.25) is 0 Å². The number of terminal acetylenes is 1. The van der Waals surface area contributed by atoms with E-state index in [1.54, 1.807) is 30.7 Å². The van der Waals surface area contributed by atoms with Gasteiger partial charge in [0.15, 0.2) is 26.1 Å². The third-order valence-corrected chi connectivity index (χ3v) is 7.23. The van der Waals surface area contributed by atoms with Crippen molar-refractivity contribution < 1.29 is 22.7 Å². The summed E-state index contributed by atoms with van der Waals surface area (Å²) in [6.07, 6.45) is 5.52. The number of carbonyl (C=O) groups excluding carboxylic acids is 1. The third-order valence-electron chi connectivity index (χ3n) is 4.45. The van der Waals surface area contributed by atoms with Gasteiger partial charge in [0.2, 0.25) is 0 Å². The van der Waals surface area contributed by atoms with E-state index in [4.69, 9.17) is 15.9 Å². The zero-order chi connectivity index (χ0) is 21.9. The number of thiazole rings is 1. The van der Waals surface area contributed by atoms with Crippen LogP contribution in [0.3, 0.4) is 0 Å². The number of carbonyl (C=O) groups is 1. The quantitative estimate of drug-likeness (QED) is 0.546. The number of methoxy groups -OCH3 is 2. The maximum atomic E-state index is 12.8. The molecule has 0 saturated carbocycles. The number of sulfone groups is 1. The number of fused-ring (bicyclic) bond motifs is 1. The zero-order valence-electron chi connectivity index (χ0n) is 16.7. The molecule has 7 nitrogen and oxygen atoms in total. The fourth-order valence-electron chi connectivity index (χ4n) is 2.87. The molecule has 9 heteroatoms. The minimum Gasteiger partial charge on any atom is -0.493 e. The van der Waals surface area contributed by atoms with E-state index in [2.05, 4.69) is 10.9 Å². The summed E-state index contributed by atoms with van der Waals surface area (Å²) >= 11 is 1.28. The van der Waals surface area contributed by atoms with E-state index in [0.29, 0.717) is 16.3 Å². The Morgan fingerprint density at radius 1 is 1.20 bits per heavy atom. The van der Waals surface area contributed by atoms with Gasteiger partial charge >= 0.3 is 0 Å². The van der Waals surface area contributed by atoms with E-state index in [0.717, 1.165) is 10.2 Å². The van der Waals surface area contributed by atoms with Crippen molar-refractivity contribution in [3.8, 4) is 23.8 Å². The highest BCUT2D eigenvalue weighted by Crippen LogP contribution is 2.33. The highest BCUT2D eigenvalue weighted by atomic mass is 32.2. The van der Waals surface area contributed by atoms with Crippen molar-refractivity contribution in [2.75, 3.05) is 20.0 Å². The molecule has 3 aromatic rings. The molecule has 156 valence electrons. The molecule has 30 heavy (non-hydrogen) atoms. The largest absolute Gasteiger partial charge is 0.493 e. The Labute approximate surface area is 178 Å². The third kappa shape index (κ3) is 4.10. The van der Waals surface area contributed by atoms with Crippen LogP contribution < -0.4 is 14.3 Å². The number of ether oxygens (including phenoxy) is 2. The smallest absolute Gasteiger partial charge is 0.279 e. The molecule has 0 atom stereocenters. The first-order valence-corrected chi connectivity index (χ1v) is 11.4. The Kier molecular flexibility index (Phi) is 6.29. The fourth-order valence-corrected chi connectivity index (χ4v) is 4.83. The summed E-state index contributed by atoms with van der Waals surface area (Å²) < 4.78 is 37.5. The zero-order valence-corrected chi connectivity index (χ0v) is 18.3. The minimum atomic E-state index is -3.43. The van der Waals surface area contributed by atoms with Crippen LogP contribution in [0.4, 0.5) is 0 Å². The van der Waals surface area contributed by atoms with Crippen molar-refractivity contribution in [2.24, 2.45) is 4.99 Å². The van der Waals surface area contributed by atoms with E-state index >= 15 is 0 Å². The summed E-state index contributed by atoms with van der Waals surface area (Å²) in [6, 6.07) is 9.44. The lowest BCUT2D eigenvalue weighted by atomic mass is 10.2. The van der Waals surface area contributed by atoms with Crippen molar-refractivity contribution in [1.82, 2.24) is 4.57 Å². The molecule has 0 N–H and O–H groups in total. The predicted octanol–water partition coefficient (Wildman–Crippen LogP) is 2.89. The molecular formula is C21H20N2O5S2. The van der Waals surface area contributed by atoms with E-state index in [-0.39, 0.29) is 22.8 Å². The van der Waals surface area contributed by atoms with Crippen LogP contribution in [0, 0.1) is 12.3 Å². The van der Waals surface area contributed by atoms with Crippen molar-refractivity contribution in [2.45, 2.75) is 18.4 Å². The van der Waals surface area contributed by atoms with Crippen LogP contribution in [-0.4, -0.2) is 38.9 Å². The van der Waals surface area contributed by atoms with Crippen molar-refractivity contribution in [1.29, 1.82) is 0 Å². The number of benzene rings is 2. The van der Waals surface area contributed by atoms with Crippen molar-refractivity contribution >= 4 is 37.3 Å². The standard InChI is InChI=1S/C21H20N2O5S2/c1-5-10-23-16-12-17(27-3)18(28-4)13-19(16)29-21(23)22-20(24)14-8-7-9-15(11-14)30(25,26)6-2/h1,7-9,11-13H,6,10H2,2-4H3. The minimum absolute atomic E-state index is 0.0517. The average molecular weight is 445 g/mol. The van der Waals surface area contributed by atoms with Gasteiger partial charge in [-0.05, 0) is 18.2 Å². The number of hydrogen-bond donors (Lipinski definition) is 0. The number of rotatable bonds is 6. The maximum absolute atomic E-state index is 12.8. The van der Waals surface area contributed by atoms with E-state index in [9.17, 15) is 13.2 Å². The molecule has 1 aromatic heterocycles. The SMILES string of the molecule is C#CCn1c(=NC(=O)c2cccc(S(=O)(=O)CC)c2)sc2cc(OC)c(OC)cc21. The lowest BCUT2D eigenvalue weighted by Crippen LogP contribution is -2.16. The monoisotopic (exact) mass is 444 g/mol. The van der Waals surface area contributed by atoms with Gasteiger partial charge in [-0.2, -0.15) is 4.99 Å². The Bertz CT molecular complexity index is 1330. The molecule has 1 amide bonds. The second-order valence-corrected chi connectivity index (χ2v) is 9.49. The summed E-state index contributed by atoms with van der Waals surface area (Å²) in [7, 11) is -0.355. The van der Waals surface area contributed by atoms with E-state index in [1.165, 1.54) is 42.7 Å². The number of amides is 1. The van der Waals surface area contributed by atoms with Crippen LogP contribution in [0.5, 0.6) is 11.5 Å². The van der Waals surface area contributed by atoms with Crippen molar-refractivity contribution in [3.63, 3.8) is 0 Å². The van der Waals surface area contributed by atoms with Crippen LogP contribution in [0.1, 0.15) is 17.3 Å². The molecule has 0 unspecified atom stereocenters. The van der Waals surface area contributed by atoms with Gasteiger partial charge in [0, 0.05) is 17.7 Å². The highest BCUT2D eigenvalue weighted by Gasteiger charge is 2.16. The van der Waals surface area contributed by atoms with Gasteiger partial charge in [-0.25, -0.2) is 8.42 Å². The van der Waals surface area contributed by atoms with Gasteiger partial charge < -0.3 is 14.0 Å². The maximum Gasteiger partial charge on any atom is 0.279 e. The van der Waals surface area contributed by atoms with Crippen LogP contribution in [0.15, 0.2) is 46.3 Å². The van der Waals surface area contributed by atoms with Gasteiger partial charge in [-0.3, -0.25) is 4.79 Å². The molecule has 1 heterocycles. The average Bonchev–Trinajstić information content (AvgIpc) is 3.08. The summed E-state index contributed by atoms with van der Waals surface area (Å²) in [5.74, 6) is 3.04. The molecular weight excluding hydrogens is 424 g/mol. The van der Waals surface area contributed by atoms with Gasteiger partial charge in [-0.15, -0.1) is 6.42 Å². The molecule has 3 rings (SSSR count). The Morgan fingerprint density at radius 2 is 1.90 bits per heavy atom. The van der Waals surface area contributed by atoms with Gasteiger partial charge in [0.1, 0.15) is 0 Å². The lowest BCUT2D eigenvalue weighted by molar-refractivity contribution is 0.0997.